The van der Waals surface area contributed by atoms with Crippen molar-refractivity contribution in [3.63, 3.8) is 0 Å². The summed E-state index contributed by atoms with van der Waals surface area (Å²) in [6.45, 7) is 3.01. The topological polar surface area (TPSA) is 152 Å². The maximum Gasteiger partial charge on any atom is 0.243 e. The normalized spacial score (nSPS) is 13.0. The molecule has 0 fully saturated rings. The number of ether oxygens (including phenoxy) is 2. The van der Waals surface area contributed by atoms with Crippen LogP contribution in [-0.4, -0.2) is 47.8 Å². The fourth-order valence-electron chi connectivity index (χ4n) is 3.80. The molecule has 2 aromatic carbocycles. The Balaban J connectivity index is 1.81. The first-order chi connectivity index (χ1) is 18.1. The summed E-state index contributed by atoms with van der Waals surface area (Å²) in [5, 5.41) is 26.6. The minimum Gasteiger partial charge on any atom is -0.494 e. The van der Waals surface area contributed by atoms with Crippen LogP contribution >= 0.6 is 0 Å². The number of nitriles is 1. The second kappa shape index (κ2) is 10.5. The van der Waals surface area contributed by atoms with Crippen molar-refractivity contribution in [1.29, 1.82) is 5.26 Å². The molecule has 11 nitrogen and oxygen atoms in total. The fraction of sp³-hybridized carbons (Fsp3) is 0.240. The van der Waals surface area contributed by atoms with E-state index in [4.69, 9.17) is 19.2 Å². The zero-order valence-electron chi connectivity index (χ0n) is 20.8. The highest BCUT2D eigenvalue weighted by atomic mass is 32.2. The third-order valence-corrected chi connectivity index (χ3v) is 7.57. The van der Waals surface area contributed by atoms with Crippen molar-refractivity contribution in [3.05, 3.63) is 71.2 Å². The number of sulfonamides is 1. The molecule has 0 aliphatic heterocycles. The molecule has 0 aliphatic rings. The van der Waals surface area contributed by atoms with Crippen molar-refractivity contribution >= 4 is 16.0 Å². The molecule has 0 radical (unpaired) electrons. The van der Waals surface area contributed by atoms with Gasteiger partial charge in [-0.2, -0.15) is 5.26 Å². The number of para-hydroxylation sites is 1. The standard InChI is InChI=1S/C25H24FN5O6S/c1-14-8-11-21(37-14)24-28-29-25(31(24)22-19(35-3)6-5-7-20(22)36-4)30-38(33,34)15(2)23(32)16-9-10-18(26)17(12-16)13-27/h5-12,15,23,32H,1-4H3,(H,29,30)/t15-,23-/m1/s1. The Morgan fingerprint density at radius 3 is 2.39 bits per heavy atom. The Bertz CT molecular complexity index is 1600. The number of aryl methyl sites for hydroxylation is 1. The van der Waals surface area contributed by atoms with E-state index in [1.165, 1.54) is 31.8 Å². The van der Waals surface area contributed by atoms with Gasteiger partial charge in [0.1, 0.15) is 40.1 Å². The van der Waals surface area contributed by atoms with Gasteiger partial charge in [-0.15, -0.1) is 10.2 Å². The number of nitrogens with zero attached hydrogens (tertiary/aromatic N) is 4. The van der Waals surface area contributed by atoms with Crippen LogP contribution in [0.3, 0.4) is 0 Å². The Kier molecular flexibility index (Phi) is 7.38. The van der Waals surface area contributed by atoms with Crippen LogP contribution in [0.15, 0.2) is 52.9 Å². The summed E-state index contributed by atoms with van der Waals surface area (Å²) in [5.41, 5.74) is 0.0376. The summed E-state index contributed by atoms with van der Waals surface area (Å²) in [4.78, 5) is 0. The van der Waals surface area contributed by atoms with Crippen LogP contribution in [0, 0.1) is 24.1 Å². The molecule has 4 rings (SSSR count). The molecule has 38 heavy (non-hydrogen) atoms. The highest BCUT2D eigenvalue weighted by molar-refractivity contribution is 7.93. The fourth-order valence-corrected chi connectivity index (χ4v) is 4.87. The SMILES string of the molecule is COc1cccc(OC)c1-n1c(NS(=O)(=O)[C@H](C)[C@@H](O)c2ccc(F)c(C#N)c2)nnc1-c1ccc(C)o1. The number of hydrogen-bond donors (Lipinski definition) is 2. The number of benzene rings is 2. The maximum absolute atomic E-state index is 13.7. The van der Waals surface area contributed by atoms with Gasteiger partial charge in [0.05, 0.1) is 25.9 Å². The van der Waals surface area contributed by atoms with Gasteiger partial charge in [0.2, 0.25) is 21.8 Å². The molecule has 13 heteroatoms. The van der Waals surface area contributed by atoms with Gasteiger partial charge < -0.3 is 19.0 Å². The number of aliphatic hydroxyl groups is 1. The van der Waals surface area contributed by atoms with Gasteiger partial charge in [0, 0.05) is 0 Å². The second-order valence-electron chi connectivity index (χ2n) is 8.25. The molecule has 198 valence electrons. The molecule has 2 N–H and O–H groups in total. The lowest BCUT2D eigenvalue weighted by molar-refractivity contribution is 0.176. The summed E-state index contributed by atoms with van der Waals surface area (Å²) in [7, 11) is -1.45. The largest absolute Gasteiger partial charge is 0.494 e. The molecular formula is C25H24FN5O6S. The van der Waals surface area contributed by atoms with E-state index in [-0.39, 0.29) is 22.9 Å². The molecule has 0 spiro atoms. The van der Waals surface area contributed by atoms with Crippen LogP contribution in [0.4, 0.5) is 10.3 Å². The van der Waals surface area contributed by atoms with E-state index < -0.39 is 27.2 Å². The molecule has 0 amide bonds. The quantitative estimate of drug-likeness (QED) is 0.323. The molecule has 0 bridgehead atoms. The van der Waals surface area contributed by atoms with Gasteiger partial charge in [0.25, 0.3) is 0 Å². The van der Waals surface area contributed by atoms with Crippen LogP contribution in [0.5, 0.6) is 11.5 Å². The smallest absolute Gasteiger partial charge is 0.243 e. The average molecular weight is 542 g/mol. The molecule has 2 heterocycles. The van der Waals surface area contributed by atoms with Crippen molar-refractivity contribution in [2.75, 3.05) is 18.9 Å². The minimum atomic E-state index is -4.34. The lowest BCUT2D eigenvalue weighted by atomic mass is 10.0. The zero-order valence-corrected chi connectivity index (χ0v) is 21.7. The number of nitrogens with one attached hydrogen (secondary N) is 1. The van der Waals surface area contributed by atoms with E-state index in [0.717, 1.165) is 12.1 Å². The number of aliphatic hydroxyl groups excluding tert-OH is 1. The molecule has 2 aromatic heterocycles. The van der Waals surface area contributed by atoms with E-state index in [0.29, 0.717) is 28.7 Å². The first kappa shape index (κ1) is 26.6. The Morgan fingerprint density at radius 2 is 1.82 bits per heavy atom. The van der Waals surface area contributed by atoms with E-state index in [1.54, 1.807) is 43.3 Å². The van der Waals surface area contributed by atoms with Crippen molar-refractivity contribution in [2.24, 2.45) is 0 Å². The van der Waals surface area contributed by atoms with E-state index in [9.17, 15) is 17.9 Å². The third-order valence-electron chi connectivity index (χ3n) is 5.87. The van der Waals surface area contributed by atoms with Gasteiger partial charge in [-0.3, -0.25) is 9.29 Å². The highest BCUT2D eigenvalue weighted by Gasteiger charge is 2.33. The number of furan rings is 1. The average Bonchev–Trinajstić information content (AvgIpc) is 3.52. The summed E-state index contributed by atoms with van der Waals surface area (Å²) in [5.74, 6) is 0.705. The summed E-state index contributed by atoms with van der Waals surface area (Å²) < 4.78 is 61.0. The molecule has 2 atom stereocenters. The Hall–Kier alpha value is -4.41. The lowest BCUT2D eigenvalue weighted by Gasteiger charge is -2.21. The van der Waals surface area contributed by atoms with Gasteiger partial charge in [-0.1, -0.05) is 12.1 Å². The van der Waals surface area contributed by atoms with Gasteiger partial charge in [-0.05, 0) is 55.8 Å². The highest BCUT2D eigenvalue weighted by Crippen LogP contribution is 2.38. The molecular weight excluding hydrogens is 517 g/mol. The maximum atomic E-state index is 13.7. The van der Waals surface area contributed by atoms with Crippen LogP contribution in [-0.2, 0) is 10.0 Å². The van der Waals surface area contributed by atoms with Crippen LogP contribution in [0.25, 0.3) is 17.3 Å². The van der Waals surface area contributed by atoms with Crippen molar-refractivity contribution in [3.8, 4) is 34.8 Å². The van der Waals surface area contributed by atoms with Gasteiger partial charge >= 0.3 is 0 Å². The first-order valence-corrected chi connectivity index (χ1v) is 12.8. The second-order valence-corrected chi connectivity index (χ2v) is 10.3. The summed E-state index contributed by atoms with van der Waals surface area (Å²) >= 11 is 0. The van der Waals surface area contributed by atoms with Gasteiger partial charge in [-0.25, -0.2) is 12.8 Å². The predicted molar refractivity (Wildman–Crippen MR) is 135 cm³/mol. The van der Waals surface area contributed by atoms with Crippen molar-refractivity contribution in [2.45, 2.75) is 25.2 Å². The van der Waals surface area contributed by atoms with Crippen LogP contribution in [0.1, 0.15) is 29.9 Å². The number of anilines is 1. The van der Waals surface area contributed by atoms with E-state index in [1.807, 2.05) is 0 Å². The minimum absolute atomic E-state index is 0.0560. The third kappa shape index (κ3) is 4.91. The molecule has 0 saturated heterocycles. The monoisotopic (exact) mass is 541 g/mol. The molecule has 0 saturated carbocycles. The van der Waals surface area contributed by atoms with E-state index >= 15 is 0 Å². The van der Waals surface area contributed by atoms with Crippen molar-refractivity contribution in [1.82, 2.24) is 14.8 Å². The van der Waals surface area contributed by atoms with Crippen molar-refractivity contribution < 1.29 is 31.8 Å². The number of halogens is 1. The van der Waals surface area contributed by atoms with E-state index in [2.05, 4.69) is 14.9 Å². The Labute approximate surface area is 218 Å². The molecule has 0 unspecified atom stereocenters. The number of rotatable bonds is 9. The zero-order chi connectivity index (χ0) is 27.6. The van der Waals surface area contributed by atoms with Crippen LogP contribution in [0.2, 0.25) is 0 Å². The number of hydrogen-bond acceptors (Lipinski definition) is 9. The summed E-state index contributed by atoms with van der Waals surface area (Å²) in [6.07, 6.45) is -1.59. The number of aromatic nitrogens is 3. The molecule has 4 aromatic rings. The lowest BCUT2D eigenvalue weighted by Crippen LogP contribution is -2.32. The number of methoxy groups -OCH3 is 2. The Morgan fingerprint density at radius 1 is 1.13 bits per heavy atom. The summed E-state index contributed by atoms with van der Waals surface area (Å²) in [6, 6.07) is 13.4. The molecule has 0 aliphatic carbocycles. The first-order valence-electron chi connectivity index (χ1n) is 11.2. The van der Waals surface area contributed by atoms with Gasteiger partial charge in [0.15, 0.2) is 5.76 Å². The van der Waals surface area contributed by atoms with Crippen LogP contribution < -0.4 is 14.2 Å². The predicted octanol–water partition coefficient (Wildman–Crippen LogP) is 3.73.